The lowest BCUT2D eigenvalue weighted by atomic mass is 9.99. The maximum atomic E-state index is 13.1. The molecule has 25 heavy (non-hydrogen) atoms. The van der Waals surface area contributed by atoms with Crippen LogP contribution in [0.4, 0.5) is 17.6 Å². The van der Waals surface area contributed by atoms with E-state index in [1.54, 1.807) is 0 Å². The topological polar surface area (TPSA) is 66.4 Å². The van der Waals surface area contributed by atoms with Crippen molar-refractivity contribution in [3.05, 3.63) is 71.0 Å². The molecule has 0 heterocycles. The molecule has 2 aromatic rings. The van der Waals surface area contributed by atoms with Gasteiger partial charge < -0.3 is 10.4 Å². The smallest absolute Gasteiger partial charge is 0.416 e. The van der Waals surface area contributed by atoms with Gasteiger partial charge in [0.15, 0.2) is 0 Å². The molecule has 0 spiro atoms. The third-order valence-corrected chi connectivity index (χ3v) is 3.44. The fourth-order valence-electron chi connectivity index (χ4n) is 2.27. The van der Waals surface area contributed by atoms with Gasteiger partial charge in [-0.3, -0.25) is 4.79 Å². The van der Waals surface area contributed by atoms with Crippen molar-refractivity contribution in [3.8, 4) is 0 Å². The predicted molar refractivity (Wildman–Crippen MR) is 80.4 cm³/mol. The van der Waals surface area contributed by atoms with Gasteiger partial charge in [0.1, 0.15) is 11.9 Å². The summed E-state index contributed by atoms with van der Waals surface area (Å²) in [5.74, 6) is -3.08. The average Bonchev–Trinajstić information content (AvgIpc) is 2.53. The number of halogens is 4. The first-order chi connectivity index (χ1) is 11.7. The fourth-order valence-corrected chi connectivity index (χ4v) is 2.27. The molecule has 0 unspecified atom stereocenters. The highest BCUT2D eigenvalue weighted by atomic mass is 19.4. The Balaban J connectivity index is 2.23. The van der Waals surface area contributed by atoms with Crippen molar-refractivity contribution in [2.45, 2.75) is 18.6 Å². The quantitative estimate of drug-likeness (QED) is 0.809. The van der Waals surface area contributed by atoms with Gasteiger partial charge in [0, 0.05) is 12.0 Å². The number of hydrogen-bond acceptors (Lipinski definition) is 2. The van der Waals surface area contributed by atoms with Crippen LogP contribution in [0.15, 0.2) is 48.5 Å². The number of nitrogens with one attached hydrogen (secondary N) is 1. The van der Waals surface area contributed by atoms with E-state index in [9.17, 15) is 32.3 Å². The monoisotopic (exact) mass is 355 g/mol. The number of hydrogen-bond donors (Lipinski definition) is 2. The van der Waals surface area contributed by atoms with Crippen LogP contribution in [0.3, 0.4) is 0 Å². The van der Waals surface area contributed by atoms with Crippen molar-refractivity contribution in [1.82, 2.24) is 5.32 Å². The Labute approximate surface area is 140 Å². The molecule has 0 aliphatic heterocycles. The second-order valence-corrected chi connectivity index (χ2v) is 5.23. The largest absolute Gasteiger partial charge is 0.480 e. The average molecular weight is 355 g/mol. The van der Waals surface area contributed by atoms with Gasteiger partial charge in [-0.05, 0) is 29.8 Å². The fraction of sp³-hybridized carbons (Fsp3) is 0.176. The summed E-state index contributed by atoms with van der Waals surface area (Å²) in [6.07, 6.45) is -5.21. The summed E-state index contributed by atoms with van der Waals surface area (Å²) >= 11 is 0. The second-order valence-electron chi connectivity index (χ2n) is 5.23. The highest BCUT2D eigenvalue weighted by molar-refractivity contribution is 5.96. The van der Waals surface area contributed by atoms with Gasteiger partial charge in [-0.15, -0.1) is 0 Å². The highest BCUT2D eigenvalue weighted by Gasteiger charge is 2.34. The molecule has 2 aromatic carbocycles. The second kappa shape index (κ2) is 7.33. The Kier molecular flexibility index (Phi) is 5.41. The van der Waals surface area contributed by atoms with Crippen molar-refractivity contribution in [2.24, 2.45) is 0 Å². The number of carboxylic acids is 1. The first kappa shape index (κ1) is 18.4. The first-order valence-corrected chi connectivity index (χ1v) is 7.13. The third kappa shape index (κ3) is 4.79. The third-order valence-electron chi connectivity index (χ3n) is 3.44. The molecule has 0 aromatic heterocycles. The van der Waals surface area contributed by atoms with E-state index in [1.165, 1.54) is 24.3 Å². The van der Waals surface area contributed by atoms with E-state index in [0.717, 1.165) is 24.3 Å². The zero-order chi connectivity index (χ0) is 18.6. The van der Waals surface area contributed by atoms with Crippen LogP contribution in [-0.2, 0) is 17.4 Å². The molecule has 0 bridgehead atoms. The zero-order valence-corrected chi connectivity index (χ0v) is 12.7. The number of rotatable bonds is 5. The SMILES string of the molecule is O=C(N[C@H](Cc1ccccc1C(F)(F)F)C(=O)O)c1cccc(F)c1. The normalized spacial score (nSPS) is 12.5. The van der Waals surface area contributed by atoms with Gasteiger partial charge in [-0.2, -0.15) is 13.2 Å². The molecule has 8 heteroatoms. The van der Waals surface area contributed by atoms with Gasteiger partial charge in [0.05, 0.1) is 5.56 Å². The van der Waals surface area contributed by atoms with Crippen molar-refractivity contribution in [2.75, 3.05) is 0 Å². The number of aliphatic carboxylic acids is 1. The Morgan fingerprint density at radius 3 is 2.36 bits per heavy atom. The van der Waals surface area contributed by atoms with E-state index >= 15 is 0 Å². The van der Waals surface area contributed by atoms with Gasteiger partial charge >= 0.3 is 12.1 Å². The molecule has 4 nitrogen and oxygen atoms in total. The van der Waals surface area contributed by atoms with Crippen LogP contribution in [0.2, 0.25) is 0 Å². The molecule has 2 rings (SSSR count). The number of carboxylic acid groups (broad SMARTS) is 1. The van der Waals surface area contributed by atoms with Crippen LogP contribution in [-0.4, -0.2) is 23.0 Å². The minimum atomic E-state index is -4.65. The maximum absolute atomic E-state index is 13.1. The maximum Gasteiger partial charge on any atom is 0.416 e. The Morgan fingerprint density at radius 1 is 1.08 bits per heavy atom. The summed E-state index contributed by atoms with van der Waals surface area (Å²) in [4.78, 5) is 23.3. The summed E-state index contributed by atoms with van der Waals surface area (Å²) in [6.45, 7) is 0. The summed E-state index contributed by atoms with van der Waals surface area (Å²) < 4.78 is 52.1. The highest BCUT2D eigenvalue weighted by Crippen LogP contribution is 2.32. The van der Waals surface area contributed by atoms with Crippen molar-refractivity contribution < 1.29 is 32.3 Å². The molecule has 1 amide bonds. The number of amides is 1. The molecule has 0 saturated heterocycles. The summed E-state index contributed by atoms with van der Waals surface area (Å²) in [6, 6.07) is 7.45. The van der Waals surface area contributed by atoms with Gasteiger partial charge in [0.2, 0.25) is 0 Å². The van der Waals surface area contributed by atoms with Crippen molar-refractivity contribution in [1.29, 1.82) is 0 Å². The van der Waals surface area contributed by atoms with Crippen LogP contribution in [0, 0.1) is 5.82 Å². The Morgan fingerprint density at radius 2 is 1.76 bits per heavy atom. The van der Waals surface area contributed by atoms with E-state index in [-0.39, 0.29) is 11.1 Å². The molecule has 0 fully saturated rings. The van der Waals surface area contributed by atoms with Crippen LogP contribution in [0.5, 0.6) is 0 Å². The van der Waals surface area contributed by atoms with Crippen molar-refractivity contribution in [3.63, 3.8) is 0 Å². The number of carbonyl (C=O) groups is 2. The van der Waals surface area contributed by atoms with Gasteiger partial charge in [-0.1, -0.05) is 24.3 Å². The summed E-state index contributed by atoms with van der Waals surface area (Å²) in [5.41, 5.74) is -1.36. The van der Waals surface area contributed by atoms with Crippen molar-refractivity contribution >= 4 is 11.9 Å². The van der Waals surface area contributed by atoms with Crippen LogP contribution >= 0.6 is 0 Å². The standard InChI is InChI=1S/C17H13F4NO3/c18-12-6-3-5-11(8-12)15(23)22-14(16(24)25)9-10-4-1-2-7-13(10)17(19,20)21/h1-8,14H,9H2,(H,22,23)(H,24,25)/t14-/m1/s1. The minimum Gasteiger partial charge on any atom is -0.480 e. The van der Waals surface area contributed by atoms with E-state index in [1.807, 2.05) is 0 Å². The minimum absolute atomic E-state index is 0.129. The molecule has 2 N–H and O–H groups in total. The van der Waals surface area contributed by atoms with E-state index in [2.05, 4.69) is 5.32 Å². The van der Waals surface area contributed by atoms with E-state index in [4.69, 9.17) is 0 Å². The summed E-state index contributed by atoms with van der Waals surface area (Å²) in [7, 11) is 0. The molecule has 0 radical (unpaired) electrons. The lowest BCUT2D eigenvalue weighted by Crippen LogP contribution is -2.42. The molecule has 0 saturated carbocycles. The number of alkyl halides is 3. The number of carbonyl (C=O) groups excluding carboxylic acids is 1. The van der Waals surface area contributed by atoms with Gasteiger partial charge in [-0.25, -0.2) is 9.18 Å². The molecule has 0 aliphatic carbocycles. The predicted octanol–water partition coefficient (Wildman–Crippen LogP) is 3.27. The Bertz CT molecular complexity index is 789. The zero-order valence-electron chi connectivity index (χ0n) is 12.7. The Hall–Kier alpha value is -2.90. The summed E-state index contributed by atoms with van der Waals surface area (Å²) in [5, 5.41) is 11.3. The van der Waals surface area contributed by atoms with Crippen LogP contribution in [0.1, 0.15) is 21.5 Å². The first-order valence-electron chi connectivity index (χ1n) is 7.13. The van der Waals surface area contributed by atoms with Crippen LogP contribution < -0.4 is 5.32 Å². The number of benzene rings is 2. The molecule has 1 atom stereocenters. The molecule has 0 aliphatic rings. The van der Waals surface area contributed by atoms with E-state index in [0.29, 0.717) is 0 Å². The lowest BCUT2D eigenvalue weighted by Gasteiger charge is -2.18. The molecular weight excluding hydrogens is 342 g/mol. The van der Waals surface area contributed by atoms with E-state index < -0.39 is 41.9 Å². The molecule has 132 valence electrons. The lowest BCUT2D eigenvalue weighted by molar-refractivity contribution is -0.141. The van der Waals surface area contributed by atoms with Crippen LogP contribution in [0.25, 0.3) is 0 Å². The molecular formula is C17H13F4NO3. The van der Waals surface area contributed by atoms with Gasteiger partial charge in [0.25, 0.3) is 5.91 Å².